The second kappa shape index (κ2) is 6.92. The molecule has 2 N–H and O–H groups in total. The van der Waals surface area contributed by atoms with Crippen molar-refractivity contribution in [2.45, 2.75) is 38.3 Å². The van der Waals surface area contributed by atoms with Crippen LogP contribution in [0.2, 0.25) is 0 Å². The number of hydrogen-bond donors (Lipinski definition) is 2. The number of hydrogen-bond acceptors (Lipinski definition) is 4. The second-order valence-corrected chi connectivity index (χ2v) is 5.98. The smallest absolute Gasteiger partial charge is 0.273 e. The quantitative estimate of drug-likeness (QED) is 0.757. The zero-order valence-corrected chi connectivity index (χ0v) is 12.0. The number of nitrogens with one attached hydrogen (secondary N) is 2. The Morgan fingerprint density at radius 1 is 1.28 bits per heavy atom. The molecule has 0 unspecified atom stereocenters. The summed E-state index contributed by atoms with van der Waals surface area (Å²) in [4.78, 5) is 0. The summed E-state index contributed by atoms with van der Waals surface area (Å²) < 4.78 is 31.8. The maximum absolute atomic E-state index is 12.0. The van der Waals surface area contributed by atoms with Crippen LogP contribution in [-0.2, 0) is 16.6 Å². The van der Waals surface area contributed by atoms with E-state index < -0.39 is 10.0 Å². The van der Waals surface area contributed by atoms with Crippen LogP contribution in [0.5, 0.6) is 0 Å². The molecule has 0 spiro atoms. The second-order valence-electron chi connectivity index (χ2n) is 4.29. The first-order valence-electron chi connectivity index (χ1n) is 6.26. The molecule has 1 aromatic heterocycles. The summed E-state index contributed by atoms with van der Waals surface area (Å²) >= 11 is 0. The van der Waals surface area contributed by atoms with E-state index in [0.717, 1.165) is 12.8 Å². The Bertz CT molecular complexity index is 450. The van der Waals surface area contributed by atoms with E-state index >= 15 is 0 Å². The Morgan fingerprint density at radius 2 is 1.94 bits per heavy atom. The minimum absolute atomic E-state index is 0.0151. The van der Waals surface area contributed by atoms with Gasteiger partial charge in [-0.3, -0.25) is 0 Å². The molecule has 18 heavy (non-hydrogen) atoms. The van der Waals surface area contributed by atoms with E-state index in [2.05, 4.69) is 23.9 Å². The van der Waals surface area contributed by atoms with Crippen molar-refractivity contribution in [2.75, 3.05) is 13.6 Å². The predicted octanol–water partition coefficient (Wildman–Crippen LogP) is 1.71. The molecule has 0 atom stereocenters. The van der Waals surface area contributed by atoms with Gasteiger partial charge in [-0.05, 0) is 25.1 Å². The molecule has 0 saturated carbocycles. The van der Waals surface area contributed by atoms with Crippen molar-refractivity contribution >= 4 is 10.0 Å². The largest absolute Gasteiger partial charge is 0.447 e. The van der Waals surface area contributed by atoms with Gasteiger partial charge in [0, 0.05) is 6.54 Å². The van der Waals surface area contributed by atoms with E-state index in [0.29, 0.717) is 24.8 Å². The van der Waals surface area contributed by atoms with Crippen LogP contribution >= 0.6 is 0 Å². The molecule has 0 fully saturated rings. The predicted molar refractivity (Wildman–Crippen MR) is 70.7 cm³/mol. The van der Waals surface area contributed by atoms with Crippen molar-refractivity contribution in [3.63, 3.8) is 0 Å². The lowest BCUT2D eigenvalue weighted by Crippen LogP contribution is -2.28. The Kier molecular flexibility index (Phi) is 5.84. The zero-order valence-electron chi connectivity index (χ0n) is 11.2. The molecule has 0 aromatic carbocycles. The third kappa shape index (κ3) is 4.12. The van der Waals surface area contributed by atoms with Crippen LogP contribution in [-0.4, -0.2) is 22.0 Å². The molecule has 104 valence electrons. The van der Waals surface area contributed by atoms with Crippen LogP contribution in [0.15, 0.2) is 21.6 Å². The summed E-state index contributed by atoms with van der Waals surface area (Å²) in [5, 5.41) is 2.89. The van der Waals surface area contributed by atoms with Crippen LogP contribution in [0.3, 0.4) is 0 Å². The third-order valence-electron chi connectivity index (χ3n) is 2.97. The highest BCUT2D eigenvalue weighted by Gasteiger charge is 2.19. The molecule has 6 heteroatoms. The molecule has 0 aliphatic carbocycles. The van der Waals surface area contributed by atoms with Gasteiger partial charge in [0.05, 0.1) is 6.54 Å². The molecule has 0 amide bonds. The average molecular weight is 274 g/mol. The zero-order chi connectivity index (χ0) is 13.6. The Labute approximate surface area is 109 Å². The standard InChI is InChI=1S/C12H22N2O3S/c1-4-10(5-2)8-14-18(15,16)12-7-6-11(17-12)9-13-3/h6-7,10,13-14H,4-5,8-9H2,1-3H3. The maximum Gasteiger partial charge on any atom is 0.273 e. The van der Waals surface area contributed by atoms with Crippen molar-refractivity contribution in [3.8, 4) is 0 Å². The van der Waals surface area contributed by atoms with E-state index in [4.69, 9.17) is 4.42 Å². The Hall–Kier alpha value is -0.850. The van der Waals surface area contributed by atoms with Crippen molar-refractivity contribution in [2.24, 2.45) is 5.92 Å². The van der Waals surface area contributed by atoms with Gasteiger partial charge < -0.3 is 9.73 Å². The number of rotatable bonds is 8. The van der Waals surface area contributed by atoms with Gasteiger partial charge in [0.15, 0.2) is 0 Å². The highest BCUT2D eigenvalue weighted by molar-refractivity contribution is 7.89. The lowest BCUT2D eigenvalue weighted by molar-refractivity contribution is 0.401. The summed E-state index contributed by atoms with van der Waals surface area (Å²) in [6.07, 6.45) is 1.92. The molecule has 0 aliphatic rings. The molecule has 0 aliphatic heterocycles. The van der Waals surface area contributed by atoms with Crippen molar-refractivity contribution in [1.82, 2.24) is 10.0 Å². The van der Waals surface area contributed by atoms with E-state index in [1.165, 1.54) is 6.07 Å². The van der Waals surface area contributed by atoms with Crippen molar-refractivity contribution in [3.05, 3.63) is 17.9 Å². The Morgan fingerprint density at radius 3 is 2.50 bits per heavy atom. The summed E-state index contributed by atoms with van der Waals surface area (Å²) in [6, 6.07) is 3.16. The summed E-state index contributed by atoms with van der Waals surface area (Å²) in [5.41, 5.74) is 0. The lowest BCUT2D eigenvalue weighted by atomic mass is 10.0. The molecule has 1 aromatic rings. The average Bonchev–Trinajstić information content (AvgIpc) is 2.80. The van der Waals surface area contributed by atoms with Gasteiger partial charge in [0.2, 0.25) is 5.09 Å². The van der Waals surface area contributed by atoms with E-state index in [1.54, 1.807) is 13.1 Å². The first-order chi connectivity index (χ1) is 8.53. The monoisotopic (exact) mass is 274 g/mol. The molecule has 5 nitrogen and oxygen atoms in total. The van der Waals surface area contributed by atoms with E-state index in [1.807, 2.05) is 0 Å². The minimum Gasteiger partial charge on any atom is -0.447 e. The normalized spacial score (nSPS) is 12.2. The molecule has 0 radical (unpaired) electrons. The highest BCUT2D eigenvalue weighted by Crippen LogP contribution is 2.14. The topological polar surface area (TPSA) is 71.3 Å². The lowest BCUT2D eigenvalue weighted by Gasteiger charge is -2.12. The molecule has 1 heterocycles. The first-order valence-corrected chi connectivity index (χ1v) is 7.74. The summed E-state index contributed by atoms with van der Waals surface area (Å²) in [6.45, 7) is 5.08. The van der Waals surface area contributed by atoms with Crippen LogP contribution < -0.4 is 10.0 Å². The molecular weight excluding hydrogens is 252 g/mol. The van der Waals surface area contributed by atoms with Gasteiger partial charge >= 0.3 is 0 Å². The summed E-state index contributed by atoms with van der Waals surface area (Å²) in [5.74, 6) is 0.979. The SMILES string of the molecule is CCC(CC)CNS(=O)(=O)c1ccc(CNC)o1. The van der Waals surface area contributed by atoms with Gasteiger partial charge in [-0.15, -0.1) is 0 Å². The van der Waals surface area contributed by atoms with Gasteiger partial charge in [-0.2, -0.15) is 0 Å². The minimum atomic E-state index is -3.52. The maximum atomic E-state index is 12.0. The van der Waals surface area contributed by atoms with E-state index in [-0.39, 0.29) is 5.09 Å². The molecular formula is C12H22N2O3S. The van der Waals surface area contributed by atoms with Crippen LogP contribution in [0.25, 0.3) is 0 Å². The van der Waals surface area contributed by atoms with Gasteiger partial charge in [0.1, 0.15) is 5.76 Å². The fourth-order valence-corrected chi connectivity index (χ4v) is 2.71. The fourth-order valence-electron chi connectivity index (χ4n) is 1.65. The fraction of sp³-hybridized carbons (Fsp3) is 0.667. The van der Waals surface area contributed by atoms with Gasteiger partial charge in [-0.1, -0.05) is 26.7 Å². The first kappa shape index (κ1) is 15.2. The molecule has 0 bridgehead atoms. The third-order valence-corrected chi connectivity index (χ3v) is 4.27. The van der Waals surface area contributed by atoms with Crippen molar-refractivity contribution in [1.29, 1.82) is 0 Å². The van der Waals surface area contributed by atoms with Crippen molar-refractivity contribution < 1.29 is 12.8 Å². The van der Waals surface area contributed by atoms with Crippen LogP contribution in [0, 0.1) is 5.92 Å². The van der Waals surface area contributed by atoms with Crippen LogP contribution in [0.1, 0.15) is 32.4 Å². The van der Waals surface area contributed by atoms with Gasteiger partial charge in [-0.25, -0.2) is 13.1 Å². The molecule has 0 saturated heterocycles. The summed E-state index contributed by atoms with van der Waals surface area (Å²) in [7, 11) is -1.74. The number of sulfonamides is 1. The van der Waals surface area contributed by atoms with Crippen LogP contribution in [0.4, 0.5) is 0 Å². The highest BCUT2D eigenvalue weighted by atomic mass is 32.2. The number of furan rings is 1. The van der Waals surface area contributed by atoms with E-state index in [9.17, 15) is 8.42 Å². The van der Waals surface area contributed by atoms with Gasteiger partial charge in [0.25, 0.3) is 10.0 Å². The Balaban J connectivity index is 2.67. The molecule has 1 rings (SSSR count).